The first-order valence-corrected chi connectivity index (χ1v) is 8.88. The zero-order valence-corrected chi connectivity index (χ0v) is 17.3. The van der Waals surface area contributed by atoms with Crippen LogP contribution < -0.4 is 10.6 Å². The van der Waals surface area contributed by atoms with Crippen LogP contribution in [0, 0.1) is 5.92 Å². The van der Waals surface area contributed by atoms with Crippen LogP contribution >= 0.6 is 24.0 Å². The Hall–Kier alpha value is -0.0800. The van der Waals surface area contributed by atoms with E-state index in [-0.39, 0.29) is 24.0 Å². The molecule has 0 bridgehead atoms. The van der Waals surface area contributed by atoms with Gasteiger partial charge in [-0.3, -0.25) is 4.99 Å². The Morgan fingerprint density at radius 2 is 1.70 bits per heavy atom. The summed E-state index contributed by atoms with van der Waals surface area (Å²) in [5, 5.41) is 6.83. The van der Waals surface area contributed by atoms with Crippen LogP contribution in [0.1, 0.15) is 51.4 Å². The van der Waals surface area contributed by atoms with Crippen molar-refractivity contribution in [1.82, 2.24) is 10.6 Å². The van der Waals surface area contributed by atoms with Crippen LogP contribution in [-0.2, 0) is 9.47 Å². The fraction of sp³-hybridized carbons (Fsp3) is 0.941. The number of hydrogen-bond donors (Lipinski definition) is 2. The van der Waals surface area contributed by atoms with E-state index >= 15 is 0 Å². The van der Waals surface area contributed by atoms with Crippen molar-refractivity contribution in [3.05, 3.63) is 0 Å². The second-order valence-electron chi connectivity index (χ2n) is 6.05. The highest BCUT2D eigenvalue weighted by Crippen LogP contribution is 2.21. The topological polar surface area (TPSA) is 54.9 Å². The molecule has 1 aliphatic rings. The van der Waals surface area contributed by atoms with Gasteiger partial charge >= 0.3 is 0 Å². The predicted molar refractivity (Wildman–Crippen MR) is 108 cm³/mol. The van der Waals surface area contributed by atoms with Gasteiger partial charge in [-0.1, -0.05) is 32.1 Å². The Morgan fingerprint density at radius 1 is 1.00 bits per heavy atom. The SMILES string of the molecule is CN=C(NCCCOCCOC)NCC1CCCCCCC1.I. The van der Waals surface area contributed by atoms with Gasteiger partial charge in [0, 0.05) is 33.9 Å². The van der Waals surface area contributed by atoms with Crippen LogP contribution in [-0.4, -0.2) is 53.0 Å². The third-order valence-corrected chi connectivity index (χ3v) is 4.20. The maximum Gasteiger partial charge on any atom is 0.190 e. The van der Waals surface area contributed by atoms with E-state index in [1.54, 1.807) is 7.11 Å². The molecule has 6 heteroatoms. The molecule has 23 heavy (non-hydrogen) atoms. The number of aliphatic imine (C=N–C) groups is 1. The lowest BCUT2D eigenvalue weighted by Gasteiger charge is -2.21. The minimum atomic E-state index is 0. The molecule has 0 aliphatic heterocycles. The van der Waals surface area contributed by atoms with Gasteiger partial charge in [0.05, 0.1) is 13.2 Å². The molecule has 0 heterocycles. The first kappa shape index (κ1) is 22.9. The summed E-state index contributed by atoms with van der Waals surface area (Å²) in [6, 6.07) is 0. The van der Waals surface area contributed by atoms with Crippen molar-refractivity contribution in [1.29, 1.82) is 0 Å². The van der Waals surface area contributed by atoms with E-state index in [0.29, 0.717) is 13.2 Å². The lowest BCUT2D eigenvalue weighted by molar-refractivity contribution is 0.0698. The van der Waals surface area contributed by atoms with E-state index < -0.39 is 0 Å². The quantitative estimate of drug-likeness (QED) is 0.250. The number of methoxy groups -OCH3 is 1. The molecule has 0 aromatic rings. The molecular weight excluding hydrogens is 405 g/mol. The maximum atomic E-state index is 5.45. The summed E-state index contributed by atoms with van der Waals surface area (Å²) >= 11 is 0. The lowest BCUT2D eigenvalue weighted by atomic mass is 9.91. The van der Waals surface area contributed by atoms with Crippen molar-refractivity contribution in [2.45, 2.75) is 51.4 Å². The Morgan fingerprint density at radius 3 is 2.35 bits per heavy atom. The standard InChI is InChI=1S/C17H35N3O2.HI/c1-18-17(19-11-8-12-22-14-13-21-2)20-15-16-9-6-4-3-5-7-10-16;/h16H,3-15H2,1-2H3,(H2,18,19,20);1H. The largest absolute Gasteiger partial charge is 0.382 e. The number of halogens is 1. The van der Waals surface area contributed by atoms with E-state index in [4.69, 9.17) is 9.47 Å². The third-order valence-electron chi connectivity index (χ3n) is 4.20. The molecule has 0 aromatic carbocycles. The first-order valence-electron chi connectivity index (χ1n) is 8.88. The second-order valence-corrected chi connectivity index (χ2v) is 6.05. The second kappa shape index (κ2) is 16.8. The highest BCUT2D eigenvalue weighted by Gasteiger charge is 2.11. The van der Waals surface area contributed by atoms with Crippen LogP contribution in [0.25, 0.3) is 0 Å². The Bertz CT molecular complexity index is 283. The number of rotatable bonds is 9. The van der Waals surface area contributed by atoms with Crippen molar-refractivity contribution in [3.63, 3.8) is 0 Å². The highest BCUT2D eigenvalue weighted by molar-refractivity contribution is 14.0. The van der Waals surface area contributed by atoms with E-state index in [2.05, 4.69) is 15.6 Å². The van der Waals surface area contributed by atoms with Gasteiger partial charge in [0.25, 0.3) is 0 Å². The minimum absolute atomic E-state index is 0. The molecule has 0 atom stereocenters. The molecule has 0 unspecified atom stereocenters. The summed E-state index contributed by atoms with van der Waals surface area (Å²) in [4.78, 5) is 4.30. The Labute approximate surface area is 159 Å². The molecular formula is C17H36IN3O2. The van der Waals surface area contributed by atoms with Crippen LogP contribution in [0.5, 0.6) is 0 Å². The van der Waals surface area contributed by atoms with Crippen molar-refractivity contribution < 1.29 is 9.47 Å². The minimum Gasteiger partial charge on any atom is -0.382 e. The highest BCUT2D eigenvalue weighted by atomic mass is 127. The molecule has 138 valence electrons. The molecule has 1 aliphatic carbocycles. The maximum absolute atomic E-state index is 5.45. The summed E-state index contributed by atoms with van der Waals surface area (Å²) in [5.41, 5.74) is 0. The number of ether oxygens (including phenoxy) is 2. The normalized spacial score (nSPS) is 17.0. The molecule has 0 amide bonds. The fourth-order valence-electron chi connectivity index (χ4n) is 2.83. The molecule has 0 radical (unpaired) electrons. The van der Waals surface area contributed by atoms with Gasteiger partial charge in [-0.2, -0.15) is 0 Å². The average Bonchev–Trinajstić information content (AvgIpc) is 2.50. The molecule has 0 saturated heterocycles. The zero-order chi connectivity index (χ0) is 15.9. The molecule has 5 nitrogen and oxygen atoms in total. The van der Waals surface area contributed by atoms with Gasteiger partial charge in [-0.05, 0) is 25.2 Å². The average molecular weight is 441 g/mol. The molecule has 1 saturated carbocycles. The van der Waals surface area contributed by atoms with Gasteiger partial charge in [0.2, 0.25) is 0 Å². The summed E-state index contributed by atoms with van der Waals surface area (Å²) in [6.45, 7) is 4.03. The zero-order valence-electron chi connectivity index (χ0n) is 14.9. The third kappa shape index (κ3) is 12.9. The lowest BCUT2D eigenvalue weighted by Crippen LogP contribution is -2.40. The summed E-state index contributed by atoms with van der Waals surface area (Å²) in [5.74, 6) is 1.72. The van der Waals surface area contributed by atoms with E-state index in [1.807, 2.05) is 7.05 Å². The smallest absolute Gasteiger partial charge is 0.190 e. The number of hydrogen-bond acceptors (Lipinski definition) is 3. The van der Waals surface area contributed by atoms with Gasteiger partial charge in [-0.15, -0.1) is 24.0 Å². The summed E-state index contributed by atoms with van der Waals surface area (Å²) in [6.07, 6.45) is 10.7. The van der Waals surface area contributed by atoms with Gasteiger partial charge < -0.3 is 20.1 Å². The summed E-state index contributed by atoms with van der Waals surface area (Å²) < 4.78 is 10.4. The Balaban J connectivity index is 0.00000484. The van der Waals surface area contributed by atoms with Crippen LogP contribution in [0.3, 0.4) is 0 Å². The van der Waals surface area contributed by atoms with Crippen molar-refractivity contribution in [2.75, 3.05) is 47.1 Å². The first-order chi connectivity index (χ1) is 10.9. The van der Waals surface area contributed by atoms with E-state index in [9.17, 15) is 0 Å². The molecule has 2 N–H and O–H groups in total. The molecule has 0 spiro atoms. The van der Waals surface area contributed by atoms with E-state index in [1.165, 1.54) is 44.9 Å². The fourth-order valence-corrected chi connectivity index (χ4v) is 2.83. The van der Waals surface area contributed by atoms with Crippen LogP contribution in [0.2, 0.25) is 0 Å². The monoisotopic (exact) mass is 441 g/mol. The van der Waals surface area contributed by atoms with Crippen molar-refractivity contribution >= 4 is 29.9 Å². The van der Waals surface area contributed by atoms with Gasteiger partial charge in [-0.25, -0.2) is 0 Å². The number of nitrogens with zero attached hydrogens (tertiary/aromatic N) is 1. The molecule has 0 aromatic heterocycles. The van der Waals surface area contributed by atoms with Gasteiger partial charge in [0.15, 0.2) is 5.96 Å². The van der Waals surface area contributed by atoms with Crippen LogP contribution in [0.15, 0.2) is 4.99 Å². The molecule has 1 rings (SSSR count). The van der Waals surface area contributed by atoms with Crippen molar-refractivity contribution in [2.24, 2.45) is 10.9 Å². The van der Waals surface area contributed by atoms with Crippen molar-refractivity contribution in [3.8, 4) is 0 Å². The Kier molecular flexibility index (Phi) is 16.7. The number of nitrogens with one attached hydrogen (secondary N) is 2. The van der Waals surface area contributed by atoms with E-state index in [0.717, 1.165) is 38.0 Å². The number of guanidine groups is 1. The van der Waals surface area contributed by atoms with Crippen LogP contribution in [0.4, 0.5) is 0 Å². The molecule has 1 fully saturated rings. The summed E-state index contributed by atoms with van der Waals surface area (Å²) in [7, 11) is 3.53. The predicted octanol–water partition coefficient (Wildman–Crippen LogP) is 3.18. The van der Waals surface area contributed by atoms with Gasteiger partial charge in [0.1, 0.15) is 0 Å².